The van der Waals surface area contributed by atoms with Crippen molar-refractivity contribution < 1.29 is 42.5 Å². The van der Waals surface area contributed by atoms with Gasteiger partial charge in [-0.15, -0.1) is 0 Å². The van der Waals surface area contributed by atoms with Crippen LogP contribution in [0.15, 0.2) is 41.3 Å². The first kappa shape index (κ1) is 24.6. The summed E-state index contributed by atoms with van der Waals surface area (Å²) in [6, 6.07) is 10.7. The Bertz CT molecular complexity index is 743. The number of fused-ring (bicyclic) bond motifs is 1. The van der Waals surface area contributed by atoms with Crippen molar-refractivity contribution in [1.29, 1.82) is 0 Å². The van der Waals surface area contributed by atoms with Gasteiger partial charge in [0.15, 0.2) is 0 Å². The molecule has 0 amide bonds. The van der Waals surface area contributed by atoms with E-state index in [1.165, 1.54) is 51.4 Å². The largest absolute Gasteiger partial charge is 1.00 e. The molecule has 27 heavy (non-hydrogen) atoms. The van der Waals surface area contributed by atoms with Gasteiger partial charge >= 0.3 is 29.6 Å². The molecule has 0 aromatic heterocycles. The van der Waals surface area contributed by atoms with Crippen LogP contribution < -0.4 is 29.6 Å². The van der Waals surface area contributed by atoms with Crippen LogP contribution in [0.25, 0.3) is 11.1 Å². The standard InChI is InChI=1S/C22H32O3S.Na/c1-2-3-4-5-6-7-8-9-10-12-15-19-18-22(26(23,24)25)21-17-14-11-13-16-20(19)21;/h11,13-14,16-18H,2-10,12,15H2,1H3,(H,23,24,25);/q;+1/p-1. The second-order valence-electron chi connectivity index (χ2n) is 7.16. The summed E-state index contributed by atoms with van der Waals surface area (Å²) in [5.41, 5.74) is 2.41. The molecule has 3 nitrogen and oxygen atoms in total. The van der Waals surface area contributed by atoms with E-state index < -0.39 is 10.1 Å². The maximum atomic E-state index is 11.5. The third-order valence-electron chi connectivity index (χ3n) is 5.02. The van der Waals surface area contributed by atoms with E-state index in [1.807, 2.05) is 18.2 Å². The number of hydrogen-bond acceptors (Lipinski definition) is 3. The molecule has 2 aliphatic rings. The van der Waals surface area contributed by atoms with Crippen molar-refractivity contribution >= 4 is 10.1 Å². The van der Waals surface area contributed by atoms with Gasteiger partial charge in [-0.25, -0.2) is 8.42 Å². The molecule has 2 rings (SSSR count). The zero-order chi connectivity index (χ0) is 18.8. The van der Waals surface area contributed by atoms with Gasteiger partial charge in [-0.1, -0.05) is 95.0 Å². The van der Waals surface area contributed by atoms with Crippen LogP contribution in [-0.4, -0.2) is 13.0 Å². The SMILES string of the molecule is CCCCCCCCCCCCc1cc(S(=O)(=O)[O-])c2cccccc1-2.[Na+]. The van der Waals surface area contributed by atoms with E-state index in [4.69, 9.17) is 0 Å². The maximum Gasteiger partial charge on any atom is 1.00 e. The normalized spacial score (nSPS) is 11.5. The molecule has 0 saturated carbocycles. The summed E-state index contributed by atoms with van der Waals surface area (Å²) in [6.45, 7) is 2.24. The third kappa shape index (κ3) is 8.25. The quantitative estimate of drug-likeness (QED) is 0.313. The van der Waals surface area contributed by atoms with E-state index in [-0.39, 0.29) is 34.5 Å². The molecule has 0 bridgehead atoms. The molecule has 0 radical (unpaired) electrons. The van der Waals surface area contributed by atoms with Crippen LogP contribution in [0.4, 0.5) is 0 Å². The molecule has 0 heterocycles. The van der Waals surface area contributed by atoms with Crippen LogP contribution in [0.3, 0.4) is 0 Å². The molecule has 0 aromatic carbocycles. The Hall–Kier alpha value is -0.390. The second kappa shape index (κ2) is 12.9. The third-order valence-corrected chi connectivity index (χ3v) is 5.90. The monoisotopic (exact) mass is 398 g/mol. The van der Waals surface area contributed by atoms with Gasteiger partial charge in [0.2, 0.25) is 0 Å². The van der Waals surface area contributed by atoms with Gasteiger partial charge in [-0.05, 0) is 35.6 Å². The van der Waals surface area contributed by atoms with Crippen LogP contribution in [0.5, 0.6) is 0 Å². The first-order chi connectivity index (χ1) is 12.5. The van der Waals surface area contributed by atoms with E-state index in [0.29, 0.717) is 5.56 Å². The number of hydrogen-bond donors (Lipinski definition) is 0. The predicted molar refractivity (Wildman–Crippen MR) is 107 cm³/mol. The Kier molecular flexibility index (Phi) is 11.8. The fraction of sp³-hybridized carbons (Fsp3) is 0.545. The predicted octanol–water partition coefficient (Wildman–Crippen LogP) is 3.16. The van der Waals surface area contributed by atoms with E-state index in [1.54, 1.807) is 18.2 Å². The number of unbranched alkanes of at least 4 members (excludes halogenated alkanes) is 9. The smallest absolute Gasteiger partial charge is 0.744 e. The molecule has 0 saturated heterocycles. The molecule has 144 valence electrons. The van der Waals surface area contributed by atoms with Gasteiger partial charge in [0, 0.05) is 0 Å². The second-order valence-corrected chi connectivity index (χ2v) is 8.51. The molecule has 2 aliphatic carbocycles. The van der Waals surface area contributed by atoms with E-state index in [2.05, 4.69) is 6.92 Å². The fourth-order valence-corrected chi connectivity index (χ4v) is 4.31. The topological polar surface area (TPSA) is 57.2 Å². The minimum atomic E-state index is -4.44. The van der Waals surface area contributed by atoms with E-state index in [0.717, 1.165) is 30.4 Å². The number of aryl methyl sites for hydroxylation is 1. The first-order valence-corrected chi connectivity index (χ1v) is 11.4. The molecular weight excluding hydrogens is 367 g/mol. The van der Waals surface area contributed by atoms with Gasteiger partial charge in [-0.2, -0.15) is 0 Å². The Balaban J connectivity index is 0.00000364. The van der Waals surface area contributed by atoms with E-state index in [9.17, 15) is 13.0 Å². The molecular formula is C22H31NaO3S. The van der Waals surface area contributed by atoms with Crippen molar-refractivity contribution in [3.63, 3.8) is 0 Å². The fourth-order valence-electron chi connectivity index (χ4n) is 3.57. The molecule has 5 heteroatoms. The Labute approximate surface area is 187 Å². The van der Waals surface area contributed by atoms with Gasteiger partial charge in [0.25, 0.3) is 0 Å². The minimum absolute atomic E-state index is 0. The molecule has 0 spiro atoms. The van der Waals surface area contributed by atoms with Crippen molar-refractivity contribution in [3.05, 3.63) is 42.0 Å². The molecule has 0 aliphatic heterocycles. The Morgan fingerprint density at radius 2 is 1.30 bits per heavy atom. The van der Waals surface area contributed by atoms with Crippen LogP contribution in [0.2, 0.25) is 0 Å². The van der Waals surface area contributed by atoms with Crippen LogP contribution >= 0.6 is 0 Å². The molecule has 0 atom stereocenters. The summed E-state index contributed by atoms with van der Waals surface area (Å²) in [5, 5.41) is 0. The summed E-state index contributed by atoms with van der Waals surface area (Å²) in [4.78, 5) is -0.0780. The van der Waals surface area contributed by atoms with Crippen molar-refractivity contribution in [2.75, 3.05) is 0 Å². The van der Waals surface area contributed by atoms with Crippen molar-refractivity contribution in [2.24, 2.45) is 0 Å². The maximum absolute atomic E-state index is 11.5. The molecule has 0 N–H and O–H groups in total. The summed E-state index contributed by atoms with van der Waals surface area (Å²) < 4.78 is 34.6. The summed E-state index contributed by atoms with van der Waals surface area (Å²) >= 11 is 0. The van der Waals surface area contributed by atoms with Gasteiger partial charge in [-0.3, -0.25) is 0 Å². The zero-order valence-electron chi connectivity index (χ0n) is 16.9. The summed E-state index contributed by atoms with van der Waals surface area (Å²) in [5.74, 6) is 0. The average Bonchev–Trinajstić information content (AvgIpc) is 2.78. The zero-order valence-corrected chi connectivity index (χ0v) is 19.7. The van der Waals surface area contributed by atoms with Gasteiger partial charge in [0.1, 0.15) is 10.1 Å². The Morgan fingerprint density at radius 1 is 0.778 bits per heavy atom. The Morgan fingerprint density at radius 3 is 1.85 bits per heavy atom. The van der Waals surface area contributed by atoms with Gasteiger partial charge < -0.3 is 4.55 Å². The average molecular weight is 399 g/mol. The van der Waals surface area contributed by atoms with E-state index >= 15 is 0 Å². The molecule has 0 fully saturated rings. The first-order valence-electron chi connectivity index (χ1n) is 10.0. The summed E-state index contributed by atoms with van der Waals surface area (Å²) in [7, 11) is -4.44. The van der Waals surface area contributed by atoms with Gasteiger partial charge in [0.05, 0.1) is 4.90 Å². The molecule has 0 unspecified atom stereocenters. The van der Waals surface area contributed by atoms with Crippen molar-refractivity contribution in [3.8, 4) is 11.1 Å². The molecule has 0 aromatic rings. The van der Waals surface area contributed by atoms with Crippen LogP contribution in [0.1, 0.15) is 76.7 Å². The van der Waals surface area contributed by atoms with Crippen LogP contribution in [0, 0.1) is 0 Å². The van der Waals surface area contributed by atoms with Crippen molar-refractivity contribution in [2.45, 2.75) is 82.4 Å². The van der Waals surface area contributed by atoms with Crippen LogP contribution in [-0.2, 0) is 16.5 Å². The summed E-state index contributed by atoms with van der Waals surface area (Å²) in [6.07, 6.45) is 13.6. The minimum Gasteiger partial charge on any atom is -0.744 e. The van der Waals surface area contributed by atoms with Crippen molar-refractivity contribution in [1.82, 2.24) is 0 Å². The number of rotatable bonds is 12.